The van der Waals surface area contributed by atoms with Gasteiger partial charge in [-0.1, -0.05) is 98.1 Å². The summed E-state index contributed by atoms with van der Waals surface area (Å²) >= 11 is 0. The molecule has 0 aromatic heterocycles. The monoisotopic (exact) mass is 346 g/mol. The van der Waals surface area contributed by atoms with E-state index in [2.05, 4.69) is 46.8 Å². The van der Waals surface area contributed by atoms with Gasteiger partial charge >= 0.3 is 0 Å². The number of phenolic OH excluding ortho intramolecular Hbond substituents is 1. The molecule has 0 amide bonds. The first-order chi connectivity index (χ1) is 11.9. The van der Waals surface area contributed by atoms with Crippen molar-refractivity contribution in [2.75, 3.05) is 0 Å². The van der Waals surface area contributed by atoms with Crippen LogP contribution in [0.1, 0.15) is 116 Å². The van der Waals surface area contributed by atoms with Gasteiger partial charge in [-0.25, -0.2) is 0 Å². The summed E-state index contributed by atoms with van der Waals surface area (Å²) in [6.45, 7) is 11.1. The highest BCUT2D eigenvalue weighted by Crippen LogP contribution is 2.35. The van der Waals surface area contributed by atoms with Crippen LogP contribution in [0.25, 0.3) is 0 Å². The highest BCUT2D eigenvalue weighted by molar-refractivity contribution is 5.47. The highest BCUT2D eigenvalue weighted by Gasteiger charge is 2.21. The number of aryl methyl sites for hydroxylation is 2. The Morgan fingerprint density at radius 2 is 1.24 bits per heavy atom. The van der Waals surface area contributed by atoms with E-state index < -0.39 is 0 Å². The molecule has 0 spiro atoms. The molecule has 1 heteroatoms. The topological polar surface area (TPSA) is 20.2 Å². The minimum Gasteiger partial charge on any atom is -0.507 e. The Morgan fingerprint density at radius 3 is 1.76 bits per heavy atom. The van der Waals surface area contributed by atoms with Gasteiger partial charge in [-0.2, -0.15) is 0 Å². The van der Waals surface area contributed by atoms with E-state index in [0.717, 1.165) is 18.4 Å². The van der Waals surface area contributed by atoms with Crippen LogP contribution < -0.4 is 0 Å². The molecule has 0 heterocycles. The van der Waals surface area contributed by atoms with E-state index in [9.17, 15) is 5.11 Å². The molecule has 1 nitrogen and oxygen atoms in total. The number of rotatable bonds is 12. The third-order valence-corrected chi connectivity index (χ3v) is 5.18. The lowest BCUT2D eigenvalue weighted by Crippen LogP contribution is -2.13. The molecule has 0 aliphatic rings. The van der Waals surface area contributed by atoms with Crippen molar-refractivity contribution in [2.45, 2.75) is 117 Å². The summed E-state index contributed by atoms with van der Waals surface area (Å²) < 4.78 is 0. The molecular formula is C24H42O. The van der Waals surface area contributed by atoms with Crippen LogP contribution in [-0.2, 0) is 18.3 Å². The standard InChI is InChI=1S/C24H42O/c1-6-8-10-12-14-16-20-18-21(17-15-13-11-9-7-2)23(25)22(19-20)24(3,4)5/h18-19,25H,6-17H2,1-5H3. The normalized spacial score (nSPS) is 11.9. The van der Waals surface area contributed by atoms with Crippen LogP contribution in [0.3, 0.4) is 0 Å². The van der Waals surface area contributed by atoms with Crippen LogP contribution in [0.15, 0.2) is 12.1 Å². The Balaban J connectivity index is 2.77. The van der Waals surface area contributed by atoms with Gasteiger partial charge in [0.05, 0.1) is 0 Å². The summed E-state index contributed by atoms with van der Waals surface area (Å²) in [5.74, 6) is 0.553. The molecule has 1 aromatic carbocycles. The Kier molecular flexibility index (Phi) is 10.2. The van der Waals surface area contributed by atoms with Crippen molar-refractivity contribution < 1.29 is 5.11 Å². The fourth-order valence-corrected chi connectivity index (χ4v) is 3.52. The first kappa shape index (κ1) is 22.1. The molecule has 0 saturated heterocycles. The van der Waals surface area contributed by atoms with Crippen molar-refractivity contribution in [3.05, 3.63) is 28.8 Å². The van der Waals surface area contributed by atoms with Gasteiger partial charge in [-0.05, 0) is 47.8 Å². The Bertz CT molecular complexity index is 482. The van der Waals surface area contributed by atoms with Crippen LogP contribution >= 0.6 is 0 Å². The number of unbranched alkanes of at least 4 members (excludes halogenated alkanes) is 8. The molecule has 1 N–H and O–H groups in total. The van der Waals surface area contributed by atoms with Crippen molar-refractivity contribution >= 4 is 0 Å². The predicted octanol–water partition coefficient (Wildman–Crippen LogP) is 7.72. The summed E-state index contributed by atoms with van der Waals surface area (Å²) in [5.41, 5.74) is 3.72. The van der Waals surface area contributed by atoms with Crippen LogP contribution in [0.2, 0.25) is 0 Å². The van der Waals surface area contributed by atoms with Crippen LogP contribution in [0.4, 0.5) is 0 Å². The van der Waals surface area contributed by atoms with Gasteiger partial charge < -0.3 is 5.11 Å². The second-order valence-corrected chi connectivity index (χ2v) is 8.73. The third kappa shape index (κ3) is 8.29. The molecule has 1 aromatic rings. The minimum atomic E-state index is -0.000730. The SMILES string of the molecule is CCCCCCCc1cc(CCCCCCC)c(O)c(C(C)(C)C)c1. The summed E-state index contributed by atoms with van der Waals surface area (Å²) in [6.07, 6.45) is 15.2. The second-order valence-electron chi connectivity index (χ2n) is 8.73. The van der Waals surface area contributed by atoms with E-state index >= 15 is 0 Å². The molecule has 0 radical (unpaired) electrons. The van der Waals surface area contributed by atoms with Crippen LogP contribution in [0, 0.1) is 0 Å². The van der Waals surface area contributed by atoms with Gasteiger partial charge in [-0.3, -0.25) is 0 Å². The molecule has 25 heavy (non-hydrogen) atoms. The fourth-order valence-electron chi connectivity index (χ4n) is 3.52. The highest BCUT2D eigenvalue weighted by atomic mass is 16.3. The molecule has 0 saturated carbocycles. The first-order valence-corrected chi connectivity index (χ1v) is 10.7. The summed E-state index contributed by atoms with van der Waals surface area (Å²) in [4.78, 5) is 0. The van der Waals surface area contributed by atoms with E-state index in [4.69, 9.17) is 0 Å². The molecule has 0 atom stereocenters. The van der Waals surface area contributed by atoms with Gasteiger partial charge in [0.25, 0.3) is 0 Å². The fraction of sp³-hybridized carbons (Fsp3) is 0.750. The maximum atomic E-state index is 10.8. The number of benzene rings is 1. The average molecular weight is 347 g/mol. The number of hydrogen-bond acceptors (Lipinski definition) is 1. The van der Waals surface area contributed by atoms with Crippen LogP contribution in [0.5, 0.6) is 5.75 Å². The van der Waals surface area contributed by atoms with Crippen molar-refractivity contribution in [1.82, 2.24) is 0 Å². The Labute approximate surface area is 157 Å². The second kappa shape index (κ2) is 11.6. The van der Waals surface area contributed by atoms with Crippen molar-refractivity contribution in [2.24, 2.45) is 0 Å². The largest absolute Gasteiger partial charge is 0.507 e. The zero-order chi connectivity index (χ0) is 18.7. The molecule has 144 valence electrons. The zero-order valence-corrected chi connectivity index (χ0v) is 17.6. The number of hydrogen-bond donors (Lipinski definition) is 1. The number of phenols is 1. The summed E-state index contributed by atoms with van der Waals surface area (Å²) in [5, 5.41) is 10.8. The lowest BCUT2D eigenvalue weighted by atomic mass is 9.82. The van der Waals surface area contributed by atoms with E-state index in [1.54, 1.807) is 0 Å². The Morgan fingerprint density at radius 1 is 0.720 bits per heavy atom. The Hall–Kier alpha value is -0.980. The predicted molar refractivity (Wildman–Crippen MR) is 112 cm³/mol. The smallest absolute Gasteiger partial charge is 0.122 e. The zero-order valence-electron chi connectivity index (χ0n) is 17.6. The number of aromatic hydroxyl groups is 1. The minimum absolute atomic E-state index is 0.000730. The molecular weight excluding hydrogens is 304 g/mol. The first-order valence-electron chi connectivity index (χ1n) is 10.7. The molecule has 0 aliphatic carbocycles. The molecule has 1 rings (SSSR count). The summed E-state index contributed by atoms with van der Waals surface area (Å²) in [7, 11) is 0. The van der Waals surface area contributed by atoms with E-state index in [1.165, 1.54) is 75.3 Å². The lowest BCUT2D eigenvalue weighted by Gasteiger charge is -2.23. The van der Waals surface area contributed by atoms with Gasteiger partial charge in [0.1, 0.15) is 5.75 Å². The quantitative estimate of drug-likeness (QED) is 0.384. The third-order valence-electron chi connectivity index (χ3n) is 5.18. The van der Waals surface area contributed by atoms with Crippen LogP contribution in [-0.4, -0.2) is 5.11 Å². The summed E-state index contributed by atoms with van der Waals surface area (Å²) in [6, 6.07) is 4.54. The van der Waals surface area contributed by atoms with E-state index in [-0.39, 0.29) is 5.41 Å². The maximum Gasteiger partial charge on any atom is 0.122 e. The maximum absolute atomic E-state index is 10.8. The molecule has 0 aliphatic heterocycles. The average Bonchev–Trinajstić information content (AvgIpc) is 2.55. The molecule has 0 fully saturated rings. The van der Waals surface area contributed by atoms with Crippen molar-refractivity contribution in [1.29, 1.82) is 0 Å². The van der Waals surface area contributed by atoms with Gasteiger partial charge in [0.15, 0.2) is 0 Å². The van der Waals surface area contributed by atoms with Gasteiger partial charge in [0.2, 0.25) is 0 Å². The van der Waals surface area contributed by atoms with Gasteiger partial charge in [-0.15, -0.1) is 0 Å². The molecule has 0 unspecified atom stereocenters. The van der Waals surface area contributed by atoms with Gasteiger partial charge in [0, 0.05) is 0 Å². The van der Waals surface area contributed by atoms with E-state index in [1.807, 2.05) is 0 Å². The molecule has 0 bridgehead atoms. The van der Waals surface area contributed by atoms with Crippen molar-refractivity contribution in [3.63, 3.8) is 0 Å². The van der Waals surface area contributed by atoms with E-state index in [0.29, 0.717) is 5.75 Å². The van der Waals surface area contributed by atoms with Crippen molar-refractivity contribution in [3.8, 4) is 5.75 Å². The lowest BCUT2D eigenvalue weighted by molar-refractivity contribution is 0.438.